The molecule has 0 heterocycles. The molecule has 0 spiro atoms. The van der Waals surface area contributed by atoms with Gasteiger partial charge in [0.1, 0.15) is 0 Å². The third-order valence-corrected chi connectivity index (χ3v) is 4.65. The minimum absolute atomic E-state index is 0.0991. The van der Waals surface area contributed by atoms with Gasteiger partial charge in [-0.1, -0.05) is 13.8 Å². The van der Waals surface area contributed by atoms with E-state index in [1.807, 2.05) is 6.92 Å². The molecule has 13 heavy (non-hydrogen) atoms. The molecule has 3 rings (SSSR count). The van der Waals surface area contributed by atoms with Crippen LogP contribution in [-0.2, 0) is 0 Å². The molecule has 3 unspecified atom stereocenters. The fourth-order valence-electron chi connectivity index (χ4n) is 3.68. The first-order valence-electron chi connectivity index (χ1n) is 5.70. The van der Waals surface area contributed by atoms with Crippen LogP contribution >= 0.6 is 0 Å². The summed E-state index contributed by atoms with van der Waals surface area (Å²) >= 11 is 0. The van der Waals surface area contributed by atoms with Crippen LogP contribution in [0.2, 0.25) is 0 Å². The van der Waals surface area contributed by atoms with Crippen LogP contribution < -0.4 is 0 Å². The number of fused-ring (bicyclic) bond motifs is 2. The van der Waals surface area contributed by atoms with Gasteiger partial charge in [-0.15, -0.1) is 0 Å². The molecule has 0 aromatic carbocycles. The second-order valence-electron chi connectivity index (χ2n) is 5.78. The summed E-state index contributed by atoms with van der Waals surface area (Å²) in [5, 5.41) is 9.41. The standard InChI is InChI=1S/C12H22O/c1-8(13)6-9-4-5-10-7-11(9)12(10,2)3/h8-11,13H,4-7H2,1-3H3/t8-,9?,10?,11?/m0/s1. The van der Waals surface area contributed by atoms with Crippen LogP contribution in [0.4, 0.5) is 0 Å². The summed E-state index contributed by atoms with van der Waals surface area (Å²) < 4.78 is 0. The van der Waals surface area contributed by atoms with E-state index in [-0.39, 0.29) is 6.10 Å². The predicted octanol–water partition coefficient (Wildman–Crippen LogP) is 2.83. The molecule has 0 saturated heterocycles. The molecule has 0 amide bonds. The molecular weight excluding hydrogens is 160 g/mol. The molecule has 1 nitrogen and oxygen atoms in total. The maximum atomic E-state index is 9.41. The second-order valence-corrected chi connectivity index (χ2v) is 5.78. The molecule has 76 valence electrons. The lowest BCUT2D eigenvalue weighted by atomic mass is 9.45. The van der Waals surface area contributed by atoms with Crippen LogP contribution in [0.15, 0.2) is 0 Å². The third kappa shape index (κ3) is 1.41. The van der Waals surface area contributed by atoms with Crippen molar-refractivity contribution in [3.8, 4) is 0 Å². The summed E-state index contributed by atoms with van der Waals surface area (Å²) in [5.41, 5.74) is 0.581. The summed E-state index contributed by atoms with van der Waals surface area (Å²) in [6, 6.07) is 0. The highest BCUT2D eigenvalue weighted by molar-refractivity contribution is 5.03. The maximum absolute atomic E-state index is 9.41. The van der Waals surface area contributed by atoms with Gasteiger partial charge in [0.15, 0.2) is 0 Å². The fourth-order valence-corrected chi connectivity index (χ4v) is 3.68. The smallest absolute Gasteiger partial charge is 0.0514 e. The Labute approximate surface area is 81.5 Å². The highest BCUT2D eigenvalue weighted by Gasteiger charge is 2.53. The van der Waals surface area contributed by atoms with E-state index < -0.39 is 0 Å². The molecule has 3 saturated carbocycles. The van der Waals surface area contributed by atoms with Crippen LogP contribution in [-0.4, -0.2) is 11.2 Å². The number of hydrogen-bond acceptors (Lipinski definition) is 1. The molecule has 3 aliphatic rings. The van der Waals surface area contributed by atoms with E-state index in [0.717, 1.165) is 24.2 Å². The molecule has 3 fully saturated rings. The zero-order chi connectivity index (χ0) is 9.64. The van der Waals surface area contributed by atoms with Crippen LogP contribution in [0.5, 0.6) is 0 Å². The van der Waals surface area contributed by atoms with Crippen molar-refractivity contribution in [2.75, 3.05) is 0 Å². The van der Waals surface area contributed by atoms with E-state index in [9.17, 15) is 5.11 Å². The van der Waals surface area contributed by atoms with Crippen molar-refractivity contribution >= 4 is 0 Å². The lowest BCUT2D eigenvalue weighted by molar-refractivity contribution is -0.113. The summed E-state index contributed by atoms with van der Waals surface area (Å²) in [6.45, 7) is 6.76. The number of aliphatic hydroxyl groups excluding tert-OH is 1. The summed E-state index contributed by atoms with van der Waals surface area (Å²) in [5.74, 6) is 2.70. The predicted molar refractivity (Wildman–Crippen MR) is 54.4 cm³/mol. The Balaban J connectivity index is 1.99. The average molecular weight is 182 g/mol. The highest BCUT2D eigenvalue weighted by atomic mass is 16.3. The number of rotatable bonds is 2. The first-order chi connectivity index (χ1) is 6.01. The monoisotopic (exact) mass is 182 g/mol. The molecule has 3 aliphatic carbocycles. The van der Waals surface area contributed by atoms with Gasteiger partial charge in [0, 0.05) is 0 Å². The maximum Gasteiger partial charge on any atom is 0.0514 e. The zero-order valence-electron chi connectivity index (χ0n) is 9.09. The third-order valence-electron chi connectivity index (χ3n) is 4.65. The van der Waals surface area contributed by atoms with Crippen LogP contribution in [0.1, 0.15) is 46.5 Å². The Morgan fingerprint density at radius 2 is 2.08 bits per heavy atom. The molecule has 0 aromatic heterocycles. The Hall–Kier alpha value is -0.0400. The van der Waals surface area contributed by atoms with Gasteiger partial charge in [-0.2, -0.15) is 0 Å². The normalized spacial score (nSPS) is 43.8. The Morgan fingerprint density at radius 1 is 1.38 bits per heavy atom. The van der Waals surface area contributed by atoms with Crippen molar-refractivity contribution in [1.82, 2.24) is 0 Å². The lowest BCUT2D eigenvalue weighted by Gasteiger charge is -2.60. The molecule has 0 aliphatic heterocycles. The van der Waals surface area contributed by atoms with Gasteiger partial charge in [-0.3, -0.25) is 0 Å². The summed E-state index contributed by atoms with van der Waals surface area (Å²) in [7, 11) is 0. The van der Waals surface area contributed by atoms with Crippen molar-refractivity contribution in [1.29, 1.82) is 0 Å². The van der Waals surface area contributed by atoms with E-state index in [0.29, 0.717) is 5.41 Å². The van der Waals surface area contributed by atoms with Crippen molar-refractivity contribution in [2.24, 2.45) is 23.2 Å². The molecule has 2 bridgehead atoms. The zero-order valence-corrected chi connectivity index (χ0v) is 9.09. The van der Waals surface area contributed by atoms with Gasteiger partial charge in [-0.25, -0.2) is 0 Å². The first kappa shape index (κ1) is 9.51. The first-order valence-corrected chi connectivity index (χ1v) is 5.70. The lowest BCUT2D eigenvalue weighted by Crippen LogP contribution is -2.52. The van der Waals surface area contributed by atoms with Crippen molar-refractivity contribution in [2.45, 2.75) is 52.6 Å². The number of aliphatic hydroxyl groups is 1. The van der Waals surface area contributed by atoms with Crippen LogP contribution in [0.3, 0.4) is 0 Å². The average Bonchev–Trinajstić information content (AvgIpc) is 2.03. The van der Waals surface area contributed by atoms with Crippen molar-refractivity contribution < 1.29 is 5.11 Å². The van der Waals surface area contributed by atoms with Crippen LogP contribution in [0, 0.1) is 23.2 Å². The number of hydrogen-bond donors (Lipinski definition) is 1. The molecule has 0 aromatic rings. The van der Waals surface area contributed by atoms with Gasteiger partial charge in [-0.05, 0) is 55.8 Å². The largest absolute Gasteiger partial charge is 0.393 e. The minimum Gasteiger partial charge on any atom is -0.393 e. The minimum atomic E-state index is -0.0991. The SMILES string of the molecule is C[C@H](O)CC1CCC2CC1C2(C)C. The van der Waals surface area contributed by atoms with Crippen molar-refractivity contribution in [3.63, 3.8) is 0 Å². The van der Waals surface area contributed by atoms with E-state index >= 15 is 0 Å². The van der Waals surface area contributed by atoms with Gasteiger partial charge < -0.3 is 5.11 Å². The molecular formula is C12H22O. The van der Waals surface area contributed by atoms with Crippen molar-refractivity contribution in [3.05, 3.63) is 0 Å². The van der Waals surface area contributed by atoms with Gasteiger partial charge in [0.05, 0.1) is 6.10 Å². The summed E-state index contributed by atoms with van der Waals surface area (Å²) in [6.07, 6.45) is 5.13. The van der Waals surface area contributed by atoms with Gasteiger partial charge in [0.2, 0.25) is 0 Å². The molecule has 0 radical (unpaired) electrons. The van der Waals surface area contributed by atoms with E-state index in [4.69, 9.17) is 0 Å². The highest BCUT2D eigenvalue weighted by Crippen LogP contribution is 2.62. The van der Waals surface area contributed by atoms with E-state index in [1.165, 1.54) is 19.3 Å². The second kappa shape index (κ2) is 2.98. The van der Waals surface area contributed by atoms with E-state index in [2.05, 4.69) is 13.8 Å². The van der Waals surface area contributed by atoms with Gasteiger partial charge >= 0.3 is 0 Å². The van der Waals surface area contributed by atoms with Crippen LogP contribution in [0.25, 0.3) is 0 Å². The van der Waals surface area contributed by atoms with E-state index in [1.54, 1.807) is 0 Å². The van der Waals surface area contributed by atoms with Gasteiger partial charge in [0.25, 0.3) is 0 Å². The molecule has 1 heteroatoms. The Morgan fingerprint density at radius 3 is 2.54 bits per heavy atom. The molecule has 1 N–H and O–H groups in total. The topological polar surface area (TPSA) is 20.2 Å². The summed E-state index contributed by atoms with van der Waals surface area (Å²) in [4.78, 5) is 0. The Kier molecular flexibility index (Phi) is 2.18. The fraction of sp³-hybridized carbons (Fsp3) is 1.00. The Bertz CT molecular complexity index is 193. The molecule has 4 atom stereocenters. The quantitative estimate of drug-likeness (QED) is 0.696.